The number of hydrogen-bond donors (Lipinski definition) is 0. The zero-order valence-corrected chi connectivity index (χ0v) is 10.3. The Morgan fingerprint density at radius 2 is 1.00 bits per heavy atom. The van der Waals surface area contributed by atoms with Crippen LogP contribution >= 0.6 is 0 Å². The van der Waals surface area contributed by atoms with Crippen molar-refractivity contribution in [3.05, 3.63) is 24.3 Å². The SMILES string of the molecule is O=C1C=CCCCCCCCCCCC=C1. The van der Waals surface area contributed by atoms with E-state index in [-0.39, 0.29) is 5.78 Å². The van der Waals surface area contributed by atoms with E-state index < -0.39 is 0 Å². The van der Waals surface area contributed by atoms with Gasteiger partial charge in [-0.1, -0.05) is 50.7 Å². The maximum atomic E-state index is 11.3. The Labute approximate surface area is 99.6 Å². The molecule has 1 heteroatoms. The minimum Gasteiger partial charge on any atom is -0.290 e. The average molecular weight is 220 g/mol. The van der Waals surface area contributed by atoms with Crippen LogP contribution in [0.15, 0.2) is 24.3 Å². The first-order chi connectivity index (χ1) is 7.89. The van der Waals surface area contributed by atoms with Gasteiger partial charge in [0.1, 0.15) is 0 Å². The highest BCUT2D eigenvalue weighted by molar-refractivity contribution is 5.99. The van der Waals surface area contributed by atoms with Crippen LogP contribution in [0.3, 0.4) is 0 Å². The molecule has 0 bridgehead atoms. The van der Waals surface area contributed by atoms with Gasteiger partial charge in [-0.2, -0.15) is 0 Å². The minimum atomic E-state index is 0.148. The van der Waals surface area contributed by atoms with Crippen LogP contribution in [-0.2, 0) is 4.79 Å². The molecule has 0 spiro atoms. The van der Waals surface area contributed by atoms with Crippen LogP contribution in [0.2, 0.25) is 0 Å². The third kappa shape index (κ3) is 7.44. The first-order valence-electron chi connectivity index (χ1n) is 6.76. The van der Waals surface area contributed by atoms with Crippen molar-refractivity contribution in [3.8, 4) is 0 Å². The van der Waals surface area contributed by atoms with E-state index in [1.54, 1.807) is 12.2 Å². The molecule has 0 saturated carbocycles. The normalized spacial score (nSPS) is 21.4. The number of carbonyl (C=O) groups is 1. The highest BCUT2D eigenvalue weighted by atomic mass is 16.1. The molecule has 0 N–H and O–H groups in total. The molecule has 16 heavy (non-hydrogen) atoms. The molecule has 90 valence electrons. The second-order valence-electron chi connectivity index (χ2n) is 4.61. The molecule has 0 aromatic carbocycles. The number of ketones is 1. The van der Waals surface area contributed by atoms with Crippen LogP contribution in [0.1, 0.15) is 64.2 Å². The van der Waals surface area contributed by atoms with E-state index in [0.717, 1.165) is 12.8 Å². The van der Waals surface area contributed by atoms with Gasteiger partial charge in [0.05, 0.1) is 0 Å². The lowest BCUT2D eigenvalue weighted by molar-refractivity contribution is -0.110. The molecule has 0 fully saturated rings. The van der Waals surface area contributed by atoms with Gasteiger partial charge in [-0.3, -0.25) is 4.79 Å². The maximum absolute atomic E-state index is 11.3. The van der Waals surface area contributed by atoms with E-state index in [1.807, 2.05) is 12.2 Å². The fourth-order valence-corrected chi connectivity index (χ4v) is 2.04. The summed E-state index contributed by atoms with van der Waals surface area (Å²) < 4.78 is 0. The predicted octanol–water partition coefficient (Wildman–Crippen LogP) is 4.58. The van der Waals surface area contributed by atoms with Crippen molar-refractivity contribution in [2.24, 2.45) is 0 Å². The summed E-state index contributed by atoms with van der Waals surface area (Å²) in [5.74, 6) is 0.148. The zero-order valence-electron chi connectivity index (χ0n) is 10.3. The first kappa shape index (κ1) is 13.2. The summed E-state index contributed by atoms with van der Waals surface area (Å²) in [6.45, 7) is 0. The van der Waals surface area contributed by atoms with Crippen LogP contribution in [0.4, 0.5) is 0 Å². The van der Waals surface area contributed by atoms with Crippen molar-refractivity contribution in [1.82, 2.24) is 0 Å². The molecule has 1 nitrogen and oxygen atoms in total. The molecule has 1 aliphatic rings. The summed E-state index contributed by atoms with van der Waals surface area (Å²) in [6.07, 6.45) is 20.2. The molecule has 1 rings (SSSR count). The van der Waals surface area contributed by atoms with Crippen molar-refractivity contribution < 1.29 is 4.79 Å². The van der Waals surface area contributed by atoms with Crippen LogP contribution in [0.25, 0.3) is 0 Å². The Bertz CT molecular complexity index is 214. The van der Waals surface area contributed by atoms with Crippen LogP contribution in [-0.4, -0.2) is 5.78 Å². The fourth-order valence-electron chi connectivity index (χ4n) is 2.04. The zero-order chi connectivity index (χ0) is 11.5. The number of hydrogen-bond acceptors (Lipinski definition) is 1. The number of carbonyl (C=O) groups excluding carboxylic acids is 1. The Morgan fingerprint density at radius 3 is 1.44 bits per heavy atom. The molecular weight excluding hydrogens is 196 g/mol. The lowest BCUT2D eigenvalue weighted by Gasteiger charge is -2.00. The lowest BCUT2D eigenvalue weighted by Crippen LogP contribution is -1.84. The Kier molecular flexibility index (Phi) is 7.75. The summed E-state index contributed by atoms with van der Waals surface area (Å²) >= 11 is 0. The van der Waals surface area contributed by atoms with Crippen molar-refractivity contribution in [2.75, 3.05) is 0 Å². The molecule has 0 radical (unpaired) electrons. The van der Waals surface area contributed by atoms with E-state index in [9.17, 15) is 4.79 Å². The summed E-state index contributed by atoms with van der Waals surface area (Å²) in [5.41, 5.74) is 0. The van der Waals surface area contributed by atoms with Gasteiger partial charge in [0.25, 0.3) is 0 Å². The van der Waals surface area contributed by atoms with Gasteiger partial charge < -0.3 is 0 Å². The molecular formula is C15H24O. The van der Waals surface area contributed by atoms with Crippen molar-refractivity contribution in [1.29, 1.82) is 0 Å². The fraction of sp³-hybridized carbons (Fsp3) is 0.667. The van der Waals surface area contributed by atoms with Crippen LogP contribution < -0.4 is 0 Å². The van der Waals surface area contributed by atoms with E-state index in [2.05, 4.69) is 0 Å². The van der Waals surface area contributed by atoms with E-state index >= 15 is 0 Å². The van der Waals surface area contributed by atoms with E-state index in [1.165, 1.54) is 51.4 Å². The van der Waals surface area contributed by atoms with Gasteiger partial charge in [-0.25, -0.2) is 0 Å². The summed E-state index contributed by atoms with van der Waals surface area (Å²) in [6, 6.07) is 0. The molecule has 0 saturated heterocycles. The Morgan fingerprint density at radius 1 is 0.625 bits per heavy atom. The average Bonchev–Trinajstić information content (AvgIpc) is 2.29. The molecule has 0 aliphatic heterocycles. The smallest absolute Gasteiger partial charge is 0.177 e. The third-order valence-electron chi connectivity index (χ3n) is 3.06. The number of rotatable bonds is 0. The van der Waals surface area contributed by atoms with Gasteiger partial charge in [0.2, 0.25) is 0 Å². The topological polar surface area (TPSA) is 17.1 Å². The van der Waals surface area contributed by atoms with Gasteiger partial charge >= 0.3 is 0 Å². The third-order valence-corrected chi connectivity index (χ3v) is 3.06. The summed E-state index contributed by atoms with van der Waals surface area (Å²) in [4.78, 5) is 11.3. The molecule has 0 aromatic rings. The van der Waals surface area contributed by atoms with Crippen molar-refractivity contribution in [3.63, 3.8) is 0 Å². The maximum Gasteiger partial charge on any atom is 0.177 e. The molecule has 0 amide bonds. The Balaban J connectivity index is 2.30. The van der Waals surface area contributed by atoms with Crippen molar-refractivity contribution in [2.45, 2.75) is 64.2 Å². The van der Waals surface area contributed by atoms with Crippen LogP contribution in [0, 0.1) is 0 Å². The monoisotopic (exact) mass is 220 g/mol. The summed E-state index contributed by atoms with van der Waals surface area (Å²) in [7, 11) is 0. The molecule has 0 unspecified atom stereocenters. The van der Waals surface area contributed by atoms with Gasteiger partial charge in [-0.05, 0) is 37.8 Å². The van der Waals surface area contributed by atoms with E-state index in [4.69, 9.17) is 0 Å². The van der Waals surface area contributed by atoms with Gasteiger partial charge in [0.15, 0.2) is 5.78 Å². The van der Waals surface area contributed by atoms with Gasteiger partial charge in [0, 0.05) is 0 Å². The molecule has 0 aromatic heterocycles. The second kappa shape index (κ2) is 9.38. The highest BCUT2D eigenvalue weighted by Gasteiger charge is 1.93. The molecule has 0 heterocycles. The number of allylic oxidation sites excluding steroid dienone is 4. The Hall–Kier alpha value is -0.850. The van der Waals surface area contributed by atoms with Crippen molar-refractivity contribution >= 4 is 5.78 Å². The standard InChI is InChI=1S/C15H24O/c16-15-13-11-9-7-5-3-1-2-4-6-8-10-12-14-15/h11-14H,1-10H2. The minimum absolute atomic E-state index is 0.148. The summed E-state index contributed by atoms with van der Waals surface area (Å²) in [5, 5.41) is 0. The highest BCUT2D eigenvalue weighted by Crippen LogP contribution is 2.11. The second-order valence-corrected chi connectivity index (χ2v) is 4.61. The quantitative estimate of drug-likeness (QED) is 0.584. The molecule has 0 atom stereocenters. The first-order valence-corrected chi connectivity index (χ1v) is 6.76. The van der Waals surface area contributed by atoms with E-state index in [0.29, 0.717) is 0 Å². The molecule has 1 aliphatic carbocycles. The van der Waals surface area contributed by atoms with Crippen LogP contribution in [0.5, 0.6) is 0 Å². The predicted molar refractivity (Wildman–Crippen MR) is 69.5 cm³/mol. The lowest BCUT2D eigenvalue weighted by atomic mass is 10.1. The largest absolute Gasteiger partial charge is 0.290 e. The van der Waals surface area contributed by atoms with Gasteiger partial charge in [-0.15, -0.1) is 0 Å².